The van der Waals surface area contributed by atoms with Crippen molar-refractivity contribution in [2.24, 2.45) is 0 Å². The van der Waals surface area contributed by atoms with E-state index >= 15 is 0 Å². The standard InChI is InChI=1S/C25H17NO3/c27-23(18-10-3-1-4-11-18)21(25(29)24(28)19-12-5-2-6-13-19)22-20-14-8-7-9-17(20)15-16-26-22/h1-16,21H/t21-/m1/s1. The van der Waals surface area contributed by atoms with Crippen LogP contribution in [-0.2, 0) is 4.79 Å². The Morgan fingerprint density at radius 2 is 1.24 bits per heavy atom. The molecule has 0 aliphatic heterocycles. The number of aromatic nitrogens is 1. The molecule has 4 aromatic rings. The van der Waals surface area contributed by atoms with Crippen LogP contribution in [0.2, 0.25) is 0 Å². The summed E-state index contributed by atoms with van der Waals surface area (Å²) in [6.45, 7) is 0. The van der Waals surface area contributed by atoms with E-state index in [2.05, 4.69) is 4.98 Å². The zero-order chi connectivity index (χ0) is 20.2. The molecule has 0 saturated heterocycles. The molecule has 0 saturated carbocycles. The topological polar surface area (TPSA) is 64.1 Å². The molecule has 0 bridgehead atoms. The maximum Gasteiger partial charge on any atom is 0.229 e. The van der Waals surface area contributed by atoms with Crippen LogP contribution < -0.4 is 0 Å². The SMILES string of the molecule is O=C(C(=O)[C@@H](C(=O)c1ccccc1)c1nccc2ccccc12)c1ccccc1. The fourth-order valence-electron chi connectivity index (χ4n) is 3.37. The Bertz CT molecular complexity index is 1200. The summed E-state index contributed by atoms with van der Waals surface area (Å²) in [4.78, 5) is 43.9. The van der Waals surface area contributed by atoms with E-state index in [0.717, 1.165) is 5.39 Å². The molecule has 4 heteroatoms. The molecular weight excluding hydrogens is 362 g/mol. The molecule has 0 radical (unpaired) electrons. The maximum absolute atomic E-state index is 13.4. The highest BCUT2D eigenvalue weighted by Gasteiger charge is 2.36. The van der Waals surface area contributed by atoms with E-state index in [1.807, 2.05) is 30.3 Å². The van der Waals surface area contributed by atoms with Gasteiger partial charge in [0, 0.05) is 22.7 Å². The number of carbonyl (C=O) groups is 3. The highest BCUT2D eigenvalue weighted by atomic mass is 16.2. The van der Waals surface area contributed by atoms with E-state index in [-0.39, 0.29) is 5.56 Å². The van der Waals surface area contributed by atoms with E-state index in [9.17, 15) is 14.4 Å². The lowest BCUT2D eigenvalue weighted by Crippen LogP contribution is -2.29. The van der Waals surface area contributed by atoms with E-state index < -0.39 is 23.3 Å². The summed E-state index contributed by atoms with van der Waals surface area (Å²) in [7, 11) is 0. The van der Waals surface area contributed by atoms with Gasteiger partial charge in [-0.25, -0.2) is 0 Å². The first-order valence-electron chi connectivity index (χ1n) is 9.23. The van der Waals surface area contributed by atoms with Crippen LogP contribution in [0.25, 0.3) is 10.8 Å². The zero-order valence-electron chi connectivity index (χ0n) is 15.5. The van der Waals surface area contributed by atoms with E-state index in [1.165, 1.54) is 0 Å². The minimum absolute atomic E-state index is 0.253. The normalized spacial score (nSPS) is 11.7. The van der Waals surface area contributed by atoms with E-state index in [4.69, 9.17) is 0 Å². The van der Waals surface area contributed by atoms with Gasteiger partial charge in [0.2, 0.25) is 11.6 Å². The lowest BCUT2D eigenvalue weighted by molar-refractivity contribution is -0.115. The number of Topliss-reactive ketones (excluding diaryl/α,β-unsaturated/α-hetero) is 3. The van der Waals surface area contributed by atoms with Crippen molar-refractivity contribution in [3.05, 3.63) is 114 Å². The highest BCUT2D eigenvalue weighted by Crippen LogP contribution is 2.28. The minimum Gasteiger partial charge on any atom is -0.293 e. The molecule has 1 atom stereocenters. The quantitative estimate of drug-likeness (QED) is 0.278. The van der Waals surface area contributed by atoms with Gasteiger partial charge in [0.15, 0.2) is 5.78 Å². The number of fused-ring (bicyclic) bond motifs is 1. The van der Waals surface area contributed by atoms with Gasteiger partial charge in [-0.1, -0.05) is 84.9 Å². The van der Waals surface area contributed by atoms with Crippen LogP contribution in [0.1, 0.15) is 32.3 Å². The molecule has 0 N–H and O–H groups in total. The summed E-state index contributed by atoms with van der Waals surface area (Å²) in [5.41, 5.74) is 0.913. The fourth-order valence-corrected chi connectivity index (χ4v) is 3.37. The van der Waals surface area contributed by atoms with Crippen molar-refractivity contribution >= 4 is 28.1 Å². The monoisotopic (exact) mass is 379 g/mol. The maximum atomic E-state index is 13.4. The van der Waals surface area contributed by atoms with Crippen molar-refractivity contribution in [3.63, 3.8) is 0 Å². The third kappa shape index (κ3) is 3.60. The highest BCUT2D eigenvalue weighted by molar-refractivity contribution is 6.49. The molecule has 0 unspecified atom stereocenters. The lowest BCUT2D eigenvalue weighted by atomic mass is 9.85. The van der Waals surface area contributed by atoms with Crippen molar-refractivity contribution in [2.75, 3.05) is 0 Å². The molecule has 0 amide bonds. The summed E-state index contributed by atoms with van der Waals surface area (Å²) in [5.74, 6) is -3.23. The van der Waals surface area contributed by atoms with Gasteiger partial charge in [-0.15, -0.1) is 0 Å². The zero-order valence-corrected chi connectivity index (χ0v) is 15.5. The summed E-state index contributed by atoms with van der Waals surface area (Å²) in [5, 5.41) is 1.53. The van der Waals surface area contributed by atoms with Crippen LogP contribution in [-0.4, -0.2) is 22.3 Å². The first kappa shape index (κ1) is 18.4. The molecule has 0 fully saturated rings. The lowest BCUT2D eigenvalue weighted by Gasteiger charge is -2.16. The van der Waals surface area contributed by atoms with Crippen molar-refractivity contribution in [3.8, 4) is 0 Å². The molecule has 29 heavy (non-hydrogen) atoms. The molecule has 140 valence electrons. The average Bonchev–Trinajstić information content (AvgIpc) is 2.80. The Labute approximate surface area is 167 Å². The predicted molar refractivity (Wildman–Crippen MR) is 111 cm³/mol. The van der Waals surface area contributed by atoms with Crippen molar-refractivity contribution in [1.82, 2.24) is 4.98 Å². The van der Waals surface area contributed by atoms with E-state index in [1.54, 1.807) is 66.9 Å². The van der Waals surface area contributed by atoms with Crippen molar-refractivity contribution < 1.29 is 14.4 Å². The average molecular weight is 379 g/mol. The van der Waals surface area contributed by atoms with Gasteiger partial charge in [-0.2, -0.15) is 0 Å². The van der Waals surface area contributed by atoms with Gasteiger partial charge < -0.3 is 0 Å². The van der Waals surface area contributed by atoms with Crippen LogP contribution in [0.15, 0.2) is 97.2 Å². The Hall–Kier alpha value is -3.92. The first-order chi connectivity index (χ1) is 14.2. The van der Waals surface area contributed by atoms with Gasteiger partial charge in [-0.3, -0.25) is 19.4 Å². The summed E-state index contributed by atoms with van der Waals surface area (Å²) < 4.78 is 0. The van der Waals surface area contributed by atoms with Crippen LogP contribution in [0.4, 0.5) is 0 Å². The van der Waals surface area contributed by atoms with Crippen molar-refractivity contribution in [2.45, 2.75) is 5.92 Å². The number of ketones is 3. The fraction of sp³-hybridized carbons (Fsp3) is 0.0400. The molecule has 3 aromatic carbocycles. The van der Waals surface area contributed by atoms with Crippen LogP contribution >= 0.6 is 0 Å². The first-order valence-corrected chi connectivity index (χ1v) is 9.23. The second kappa shape index (κ2) is 7.98. The van der Waals surface area contributed by atoms with Gasteiger partial charge in [0.25, 0.3) is 0 Å². The molecule has 0 aliphatic carbocycles. The smallest absolute Gasteiger partial charge is 0.229 e. The number of hydrogen-bond acceptors (Lipinski definition) is 4. The third-order valence-electron chi connectivity index (χ3n) is 4.82. The summed E-state index contributed by atoms with van der Waals surface area (Å²) in [6, 6.07) is 26.0. The largest absolute Gasteiger partial charge is 0.293 e. The molecular formula is C25H17NO3. The predicted octanol–water partition coefficient (Wildman–Crippen LogP) is 4.65. The van der Waals surface area contributed by atoms with Crippen molar-refractivity contribution in [1.29, 1.82) is 0 Å². The number of rotatable bonds is 6. The number of hydrogen-bond donors (Lipinski definition) is 0. The third-order valence-corrected chi connectivity index (χ3v) is 4.82. The Kier molecular flexibility index (Phi) is 5.08. The number of nitrogens with zero attached hydrogens (tertiary/aromatic N) is 1. The number of pyridine rings is 1. The Morgan fingerprint density at radius 3 is 1.93 bits per heavy atom. The van der Waals surface area contributed by atoms with Gasteiger partial charge in [0.1, 0.15) is 5.92 Å². The molecule has 0 aliphatic rings. The minimum atomic E-state index is -1.31. The molecule has 4 rings (SSSR count). The van der Waals surface area contributed by atoms with Crippen LogP contribution in [0.5, 0.6) is 0 Å². The second-order valence-corrected chi connectivity index (χ2v) is 6.64. The van der Waals surface area contributed by atoms with Gasteiger partial charge in [0.05, 0.1) is 5.69 Å². The second-order valence-electron chi connectivity index (χ2n) is 6.64. The molecule has 1 aromatic heterocycles. The van der Waals surface area contributed by atoms with Crippen LogP contribution in [0, 0.1) is 0 Å². The summed E-state index contributed by atoms with van der Waals surface area (Å²) in [6.07, 6.45) is 1.56. The number of benzene rings is 3. The molecule has 1 heterocycles. The number of carbonyl (C=O) groups excluding carboxylic acids is 3. The van der Waals surface area contributed by atoms with Crippen LogP contribution in [0.3, 0.4) is 0 Å². The van der Waals surface area contributed by atoms with Gasteiger partial charge in [-0.05, 0) is 11.5 Å². The molecule has 4 nitrogen and oxygen atoms in total. The van der Waals surface area contributed by atoms with E-state index in [0.29, 0.717) is 16.6 Å². The molecule has 0 spiro atoms. The Morgan fingerprint density at radius 1 is 0.655 bits per heavy atom. The Balaban J connectivity index is 1.87. The summed E-state index contributed by atoms with van der Waals surface area (Å²) >= 11 is 0. The van der Waals surface area contributed by atoms with Gasteiger partial charge >= 0.3 is 0 Å².